The lowest BCUT2D eigenvalue weighted by Gasteiger charge is -2.11. The summed E-state index contributed by atoms with van der Waals surface area (Å²) in [6.07, 6.45) is 1.02. The van der Waals surface area contributed by atoms with Gasteiger partial charge in [-0.05, 0) is 25.5 Å². The van der Waals surface area contributed by atoms with E-state index in [1.165, 1.54) is 11.3 Å². The maximum absolute atomic E-state index is 11.8. The smallest absolute Gasteiger partial charge is 0.307 e. The zero-order valence-electron chi connectivity index (χ0n) is 13.9. The molecule has 0 aliphatic heterocycles. The first-order valence-corrected chi connectivity index (χ1v) is 8.67. The molecule has 1 aromatic carbocycles. The molecular formula is C17H22N2O4S. The van der Waals surface area contributed by atoms with Crippen LogP contribution < -0.4 is 19.7 Å². The van der Waals surface area contributed by atoms with Gasteiger partial charge in [-0.25, -0.2) is 0 Å². The van der Waals surface area contributed by atoms with Gasteiger partial charge in [-0.1, -0.05) is 23.5 Å². The molecule has 24 heavy (non-hydrogen) atoms. The van der Waals surface area contributed by atoms with Crippen LogP contribution in [0.2, 0.25) is 0 Å². The number of benzene rings is 1. The molecule has 1 N–H and O–H groups in total. The van der Waals surface area contributed by atoms with Crippen LogP contribution >= 0.6 is 11.3 Å². The molecule has 2 aromatic rings. The molecule has 6 nitrogen and oxygen atoms in total. The molecule has 0 bridgehead atoms. The molecule has 130 valence electrons. The normalized spacial score (nSPS) is 10.4. The molecule has 0 saturated carbocycles. The van der Waals surface area contributed by atoms with Crippen molar-refractivity contribution in [3.63, 3.8) is 0 Å². The maximum atomic E-state index is 11.8. The van der Waals surface area contributed by atoms with E-state index in [0.29, 0.717) is 44.0 Å². The molecule has 7 heteroatoms. The predicted molar refractivity (Wildman–Crippen MR) is 94.0 cm³/mol. The van der Waals surface area contributed by atoms with E-state index in [0.717, 1.165) is 5.69 Å². The van der Waals surface area contributed by atoms with Gasteiger partial charge >= 0.3 is 4.87 Å². The van der Waals surface area contributed by atoms with Crippen molar-refractivity contribution in [1.29, 1.82) is 0 Å². The van der Waals surface area contributed by atoms with Crippen LogP contribution in [0.3, 0.4) is 0 Å². The van der Waals surface area contributed by atoms with Crippen LogP contribution in [-0.4, -0.2) is 30.7 Å². The molecule has 0 unspecified atom stereocenters. The molecule has 0 atom stereocenters. The number of hydrogen-bond donors (Lipinski definition) is 1. The third-order valence-corrected chi connectivity index (χ3v) is 4.39. The fraction of sp³-hybridized carbons (Fsp3) is 0.412. The third-order valence-electron chi connectivity index (χ3n) is 3.51. The molecule has 0 fully saturated rings. The number of nitrogens with zero attached hydrogens (tertiary/aromatic N) is 1. The number of hydrogen-bond acceptors (Lipinski definition) is 5. The molecule has 2 rings (SSSR count). The summed E-state index contributed by atoms with van der Waals surface area (Å²) in [5.41, 5.74) is 0.940. The number of para-hydroxylation sites is 2. The Morgan fingerprint density at radius 1 is 1.29 bits per heavy atom. The van der Waals surface area contributed by atoms with Crippen molar-refractivity contribution >= 4 is 17.2 Å². The van der Waals surface area contributed by atoms with Crippen molar-refractivity contribution in [2.24, 2.45) is 0 Å². The Morgan fingerprint density at radius 3 is 2.71 bits per heavy atom. The lowest BCUT2D eigenvalue weighted by molar-refractivity contribution is -0.121. The number of thiazole rings is 1. The molecule has 1 amide bonds. The van der Waals surface area contributed by atoms with Crippen LogP contribution in [0.4, 0.5) is 0 Å². The van der Waals surface area contributed by atoms with E-state index >= 15 is 0 Å². The number of aryl methyl sites for hydroxylation is 1. The zero-order valence-corrected chi connectivity index (χ0v) is 14.7. The molecule has 1 heterocycles. The first kappa shape index (κ1) is 18.1. The SMILES string of the molecule is COc1ccccc1OCCNC(=O)CCCn1c(C)csc1=O. The number of nitrogens with one attached hydrogen (secondary N) is 1. The number of aromatic nitrogens is 1. The van der Waals surface area contributed by atoms with E-state index in [-0.39, 0.29) is 10.8 Å². The van der Waals surface area contributed by atoms with E-state index in [4.69, 9.17) is 9.47 Å². The highest BCUT2D eigenvalue weighted by atomic mass is 32.1. The lowest BCUT2D eigenvalue weighted by atomic mass is 10.3. The third kappa shape index (κ3) is 5.13. The number of carbonyl (C=O) groups is 1. The van der Waals surface area contributed by atoms with E-state index in [2.05, 4.69) is 5.32 Å². The van der Waals surface area contributed by atoms with E-state index < -0.39 is 0 Å². The standard InChI is InChI=1S/C17H22N2O4S/c1-13-12-24-17(21)19(13)10-5-8-16(20)18-9-11-23-15-7-4-3-6-14(15)22-2/h3-4,6-7,12H,5,8-11H2,1-2H3,(H,18,20). The number of methoxy groups -OCH3 is 1. The van der Waals surface area contributed by atoms with Gasteiger partial charge in [-0.2, -0.15) is 0 Å². The highest BCUT2D eigenvalue weighted by Crippen LogP contribution is 2.25. The topological polar surface area (TPSA) is 69.6 Å². The van der Waals surface area contributed by atoms with Gasteiger partial charge in [-0.15, -0.1) is 0 Å². The van der Waals surface area contributed by atoms with Gasteiger partial charge in [0.05, 0.1) is 13.7 Å². The Balaban J connectivity index is 1.64. The van der Waals surface area contributed by atoms with Crippen molar-refractivity contribution < 1.29 is 14.3 Å². The quantitative estimate of drug-likeness (QED) is 0.704. The van der Waals surface area contributed by atoms with Crippen molar-refractivity contribution in [3.05, 3.63) is 45.0 Å². The molecule has 0 saturated heterocycles. The summed E-state index contributed by atoms with van der Waals surface area (Å²) in [4.78, 5) is 23.4. The highest BCUT2D eigenvalue weighted by Gasteiger charge is 2.06. The van der Waals surface area contributed by atoms with Crippen molar-refractivity contribution in [2.45, 2.75) is 26.3 Å². The van der Waals surface area contributed by atoms with Gasteiger partial charge in [0.15, 0.2) is 11.5 Å². The monoisotopic (exact) mass is 350 g/mol. The van der Waals surface area contributed by atoms with Crippen molar-refractivity contribution in [1.82, 2.24) is 9.88 Å². The minimum atomic E-state index is -0.0421. The number of carbonyl (C=O) groups excluding carboxylic acids is 1. The summed E-state index contributed by atoms with van der Waals surface area (Å²) in [7, 11) is 1.59. The van der Waals surface area contributed by atoms with E-state index in [9.17, 15) is 9.59 Å². The van der Waals surface area contributed by atoms with Gasteiger partial charge in [0.1, 0.15) is 6.61 Å². The summed E-state index contributed by atoms with van der Waals surface area (Å²) >= 11 is 1.19. The first-order valence-electron chi connectivity index (χ1n) is 7.79. The van der Waals surface area contributed by atoms with Crippen LogP contribution in [-0.2, 0) is 11.3 Å². The Kier molecular flexibility index (Phi) is 6.87. The minimum Gasteiger partial charge on any atom is -0.493 e. The number of amides is 1. The Labute approximate surface area is 145 Å². The maximum Gasteiger partial charge on any atom is 0.307 e. The zero-order chi connectivity index (χ0) is 17.4. The van der Waals surface area contributed by atoms with Gasteiger partial charge in [-0.3, -0.25) is 9.59 Å². The van der Waals surface area contributed by atoms with Crippen LogP contribution in [0.25, 0.3) is 0 Å². The van der Waals surface area contributed by atoms with Crippen LogP contribution in [0, 0.1) is 6.92 Å². The van der Waals surface area contributed by atoms with Crippen LogP contribution in [0.1, 0.15) is 18.5 Å². The molecule has 1 aromatic heterocycles. The fourth-order valence-corrected chi connectivity index (χ4v) is 3.01. The van der Waals surface area contributed by atoms with Gasteiger partial charge in [0.2, 0.25) is 5.91 Å². The Hall–Kier alpha value is -2.28. The molecule has 0 radical (unpaired) electrons. The second kappa shape index (κ2) is 9.12. The van der Waals surface area contributed by atoms with Crippen LogP contribution in [0.5, 0.6) is 11.5 Å². The number of ether oxygens (including phenoxy) is 2. The Bertz CT molecular complexity index is 723. The second-order valence-corrected chi connectivity index (χ2v) is 6.07. The average Bonchev–Trinajstić information content (AvgIpc) is 2.91. The summed E-state index contributed by atoms with van der Waals surface area (Å²) in [6, 6.07) is 7.38. The fourth-order valence-electron chi connectivity index (χ4n) is 2.25. The summed E-state index contributed by atoms with van der Waals surface area (Å²) in [5.74, 6) is 1.28. The van der Waals surface area contributed by atoms with E-state index in [1.54, 1.807) is 11.7 Å². The molecular weight excluding hydrogens is 328 g/mol. The average molecular weight is 350 g/mol. The van der Waals surface area contributed by atoms with Gasteiger partial charge < -0.3 is 19.4 Å². The second-order valence-electron chi connectivity index (χ2n) is 5.25. The summed E-state index contributed by atoms with van der Waals surface area (Å²) in [5, 5.41) is 4.64. The molecule has 0 spiro atoms. The highest BCUT2D eigenvalue weighted by molar-refractivity contribution is 7.07. The van der Waals surface area contributed by atoms with Gasteiger partial charge in [0.25, 0.3) is 0 Å². The van der Waals surface area contributed by atoms with E-state index in [1.807, 2.05) is 36.6 Å². The van der Waals surface area contributed by atoms with Crippen molar-refractivity contribution in [2.75, 3.05) is 20.3 Å². The minimum absolute atomic E-state index is 0.0260. The largest absolute Gasteiger partial charge is 0.493 e. The molecule has 0 aliphatic carbocycles. The predicted octanol–water partition coefficient (Wildman–Crippen LogP) is 2.20. The van der Waals surface area contributed by atoms with Crippen LogP contribution in [0.15, 0.2) is 34.4 Å². The number of rotatable bonds is 9. The lowest BCUT2D eigenvalue weighted by Crippen LogP contribution is -2.28. The Morgan fingerprint density at radius 2 is 2.04 bits per heavy atom. The van der Waals surface area contributed by atoms with Crippen molar-refractivity contribution in [3.8, 4) is 11.5 Å². The summed E-state index contributed by atoms with van der Waals surface area (Å²) in [6.45, 7) is 3.26. The van der Waals surface area contributed by atoms with Gasteiger partial charge in [0, 0.05) is 24.0 Å². The molecule has 0 aliphatic rings. The first-order chi connectivity index (χ1) is 11.6. The summed E-state index contributed by atoms with van der Waals surface area (Å²) < 4.78 is 12.5.